The van der Waals surface area contributed by atoms with E-state index in [2.05, 4.69) is 37.4 Å². The lowest BCUT2D eigenvalue weighted by molar-refractivity contribution is 0.653. The van der Waals surface area contributed by atoms with Crippen LogP contribution in [0.3, 0.4) is 0 Å². The Morgan fingerprint density at radius 1 is 1.24 bits per heavy atom. The van der Waals surface area contributed by atoms with Crippen LogP contribution in [-0.2, 0) is 12.8 Å². The van der Waals surface area contributed by atoms with Crippen LogP contribution in [0.5, 0.6) is 0 Å². The third-order valence-corrected chi connectivity index (χ3v) is 4.30. The first-order chi connectivity index (χ1) is 8.27. The summed E-state index contributed by atoms with van der Waals surface area (Å²) < 4.78 is 3.19. The highest BCUT2D eigenvalue weighted by atomic mass is 79.9. The van der Waals surface area contributed by atoms with E-state index in [-0.39, 0.29) is 0 Å². The molecule has 0 aromatic carbocycles. The second-order valence-electron chi connectivity index (χ2n) is 4.48. The van der Waals surface area contributed by atoms with Crippen molar-refractivity contribution < 1.29 is 0 Å². The molecule has 2 aromatic rings. The SMILES string of the molecule is Cc1ccnc(-n2cnc3c2CCCC3)c1Br. The van der Waals surface area contributed by atoms with Gasteiger partial charge in [0.2, 0.25) is 0 Å². The van der Waals surface area contributed by atoms with Gasteiger partial charge in [-0.2, -0.15) is 0 Å². The number of hydrogen-bond acceptors (Lipinski definition) is 2. The minimum atomic E-state index is 0.959. The number of aryl methyl sites for hydroxylation is 2. The quantitative estimate of drug-likeness (QED) is 0.808. The van der Waals surface area contributed by atoms with Crippen molar-refractivity contribution in [2.75, 3.05) is 0 Å². The fraction of sp³-hybridized carbons (Fsp3) is 0.385. The number of aromatic nitrogens is 3. The topological polar surface area (TPSA) is 30.7 Å². The van der Waals surface area contributed by atoms with Crippen LogP contribution in [0.25, 0.3) is 5.82 Å². The lowest BCUT2D eigenvalue weighted by Crippen LogP contribution is -2.08. The minimum absolute atomic E-state index is 0.959. The van der Waals surface area contributed by atoms with Crippen molar-refractivity contribution in [3.8, 4) is 5.82 Å². The average molecular weight is 292 g/mol. The molecule has 0 saturated heterocycles. The molecular formula is C13H14BrN3. The summed E-state index contributed by atoms with van der Waals surface area (Å²) in [5.41, 5.74) is 3.77. The smallest absolute Gasteiger partial charge is 0.152 e. The van der Waals surface area contributed by atoms with Gasteiger partial charge < -0.3 is 0 Å². The van der Waals surface area contributed by atoms with E-state index in [9.17, 15) is 0 Å². The zero-order valence-corrected chi connectivity index (χ0v) is 11.4. The van der Waals surface area contributed by atoms with Crippen LogP contribution in [0.1, 0.15) is 29.8 Å². The second kappa shape index (κ2) is 4.26. The van der Waals surface area contributed by atoms with E-state index >= 15 is 0 Å². The Bertz CT molecular complexity index is 560. The Labute approximate surface area is 109 Å². The number of pyridine rings is 1. The standard InChI is InChI=1S/C13H14BrN3/c1-9-6-7-15-13(12(9)14)17-8-16-10-4-2-3-5-11(10)17/h6-8H,2-5H2,1H3. The molecule has 17 heavy (non-hydrogen) atoms. The lowest BCUT2D eigenvalue weighted by atomic mass is 10.0. The molecule has 4 heteroatoms. The Morgan fingerprint density at radius 2 is 2.06 bits per heavy atom. The summed E-state index contributed by atoms with van der Waals surface area (Å²) in [7, 11) is 0. The van der Waals surface area contributed by atoms with E-state index in [1.807, 2.05) is 18.6 Å². The van der Waals surface area contributed by atoms with Gasteiger partial charge in [0.05, 0.1) is 10.2 Å². The van der Waals surface area contributed by atoms with Crippen LogP contribution in [0.4, 0.5) is 0 Å². The van der Waals surface area contributed by atoms with Crippen LogP contribution < -0.4 is 0 Å². The molecule has 3 nitrogen and oxygen atoms in total. The van der Waals surface area contributed by atoms with Gasteiger partial charge in [0.25, 0.3) is 0 Å². The molecule has 2 aromatic heterocycles. The molecule has 0 N–H and O–H groups in total. The molecule has 0 fully saturated rings. The monoisotopic (exact) mass is 291 g/mol. The average Bonchev–Trinajstić information content (AvgIpc) is 2.77. The van der Waals surface area contributed by atoms with Crippen molar-refractivity contribution >= 4 is 15.9 Å². The van der Waals surface area contributed by atoms with Gasteiger partial charge in [0.1, 0.15) is 6.33 Å². The molecule has 0 aliphatic heterocycles. The van der Waals surface area contributed by atoms with Crippen molar-refractivity contribution in [1.82, 2.24) is 14.5 Å². The molecule has 1 aliphatic rings. The van der Waals surface area contributed by atoms with E-state index in [4.69, 9.17) is 0 Å². The first kappa shape index (κ1) is 11.0. The normalized spacial score (nSPS) is 14.7. The molecule has 0 bridgehead atoms. The van der Waals surface area contributed by atoms with E-state index < -0.39 is 0 Å². The van der Waals surface area contributed by atoms with Gasteiger partial charge >= 0.3 is 0 Å². The lowest BCUT2D eigenvalue weighted by Gasteiger charge is -2.14. The van der Waals surface area contributed by atoms with Crippen LogP contribution >= 0.6 is 15.9 Å². The van der Waals surface area contributed by atoms with Crippen LogP contribution in [0, 0.1) is 6.92 Å². The fourth-order valence-electron chi connectivity index (χ4n) is 2.35. The Hall–Kier alpha value is -1.16. The highest BCUT2D eigenvalue weighted by Crippen LogP contribution is 2.27. The zero-order chi connectivity index (χ0) is 11.8. The van der Waals surface area contributed by atoms with Gasteiger partial charge in [0.15, 0.2) is 5.82 Å². The third-order valence-electron chi connectivity index (χ3n) is 3.32. The molecule has 0 unspecified atom stereocenters. The fourth-order valence-corrected chi connectivity index (χ4v) is 2.77. The number of fused-ring (bicyclic) bond motifs is 1. The summed E-state index contributed by atoms with van der Waals surface area (Å²) in [6.07, 6.45) is 8.48. The van der Waals surface area contributed by atoms with Gasteiger partial charge in [-0.25, -0.2) is 9.97 Å². The van der Waals surface area contributed by atoms with Gasteiger partial charge in [-0.15, -0.1) is 0 Å². The maximum Gasteiger partial charge on any atom is 0.152 e. The van der Waals surface area contributed by atoms with Gasteiger partial charge in [-0.3, -0.25) is 4.57 Å². The Morgan fingerprint density at radius 3 is 2.94 bits per heavy atom. The summed E-state index contributed by atoms with van der Waals surface area (Å²) in [5, 5.41) is 0. The predicted molar refractivity (Wildman–Crippen MR) is 70.4 cm³/mol. The highest BCUT2D eigenvalue weighted by molar-refractivity contribution is 9.10. The zero-order valence-electron chi connectivity index (χ0n) is 9.78. The number of halogens is 1. The van der Waals surface area contributed by atoms with Crippen LogP contribution in [0.15, 0.2) is 23.1 Å². The van der Waals surface area contributed by atoms with Crippen LogP contribution in [0.2, 0.25) is 0 Å². The van der Waals surface area contributed by atoms with E-state index in [1.165, 1.54) is 29.8 Å². The molecule has 0 amide bonds. The molecule has 2 heterocycles. The maximum absolute atomic E-state index is 4.51. The van der Waals surface area contributed by atoms with E-state index in [0.29, 0.717) is 0 Å². The van der Waals surface area contributed by atoms with Crippen molar-refractivity contribution in [3.05, 3.63) is 40.0 Å². The molecule has 0 atom stereocenters. The number of imidazole rings is 1. The van der Waals surface area contributed by atoms with E-state index in [0.717, 1.165) is 23.1 Å². The van der Waals surface area contributed by atoms with Gasteiger partial charge in [-0.1, -0.05) is 0 Å². The largest absolute Gasteiger partial charge is 0.286 e. The van der Waals surface area contributed by atoms with Crippen LogP contribution in [-0.4, -0.2) is 14.5 Å². The molecule has 0 spiro atoms. The molecule has 88 valence electrons. The predicted octanol–water partition coefficient (Wildman–Crippen LogP) is 3.22. The molecule has 3 rings (SSSR count). The maximum atomic E-state index is 4.51. The van der Waals surface area contributed by atoms with Crippen molar-refractivity contribution in [2.24, 2.45) is 0 Å². The first-order valence-electron chi connectivity index (χ1n) is 5.94. The Kier molecular flexibility index (Phi) is 2.74. The molecule has 0 saturated carbocycles. The summed E-state index contributed by atoms with van der Waals surface area (Å²) in [6, 6.07) is 2.01. The molecular weight excluding hydrogens is 278 g/mol. The summed E-state index contributed by atoms with van der Waals surface area (Å²) in [5.74, 6) is 0.959. The molecule has 0 radical (unpaired) electrons. The van der Waals surface area contributed by atoms with Crippen molar-refractivity contribution in [3.63, 3.8) is 0 Å². The number of hydrogen-bond donors (Lipinski definition) is 0. The van der Waals surface area contributed by atoms with Gasteiger partial charge in [0, 0.05) is 11.9 Å². The van der Waals surface area contributed by atoms with E-state index in [1.54, 1.807) is 0 Å². The molecule has 1 aliphatic carbocycles. The summed E-state index contributed by atoms with van der Waals surface area (Å²) >= 11 is 3.62. The second-order valence-corrected chi connectivity index (χ2v) is 5.27. The van der Waals surface area contributed by atoms with Gasteiger partial charge in [-0.05, 0) is 60.2 Å². The van der Waals surface area contributed by atoms with Crippen molar-refractivity contribution in [1.29, 1.82) is 0 Å². The third kappa shape index (κ3) is 1.80. The minimum Gasteiger partial charge on any atom is -0.286 e. The Balaban J connectivity index is 2.15. The van der Waals surface area contributed by atoms with Crippen molar-refractivity contribution in [2.45, 2.75) is 32.6 Å². The first-order valence-corrected chi connectivity index (χ1v) is 6.73. The summed E-state index contributed by atoms with van der Waals surface area (Å²) in [6.45, 7) is 2.08. The highest BCUT2D eigenvalue weighted by Gasteiger charge is 2.18. The number of nitrogens with zero attached hydrogens (tertiary/aromatic N) is 3. The number of rotatable bonds is 1. The summed E-state index contributed by atoms with van der Waals surface area (Å²) in [4.78, 5) is 8.97.